The van der Waals surface area contributed by atoms with E-state index in [0.29, 0.717) is 18.2 Å². The second-order valence-corrected chi connectivity index (χ2v) is 5.47. The van der Waals surface area contributed by atoms with Gasteiger partial charge >= 0.3 is 5.97 Å². The van der Waals surface area contributed by atoms with Gasteiger partial charge in [0.2, 0.25) is 0 Å². The van der Waals surface area contributed by atoms with Gasteiger partial charge in [0.05, 0.1) is 0 Å². The van der Waals surface area contributed by atoms with Gasteiger partial charge in [-0.15, -0.1) is 0 Å². The summed E-state index contributed by atoms with van der Waals surface area (Å²) in [6.45, 7) is 7.97. The highest BCUT2D eigenvalue weighted by atomic mass is 16.6. The second-order valence-electron chi connectivity index (χ2n) is 5.47. The molecule has 1 rings (SSSR count). The Morgan fingerprint density at radius 2 is 1.71 bits per heavy atom. The molecule has 0 aliphatic rings. The van der Waals surface area contributed by atoms with Crippen molar-refractivity contribution in [1.82, 2.24) is 5.32 Å². The van der Waals surface area contributed by atoms with E-state index in [2.05, 4.69) is 5.32 Å². The minimum Gasteiger partial charge on any atom is -0.482 e. The predicted octanol–water partition coefficient (Wildman–Crippen LogP) is 2.00. The van der Waals surface area contributed by atoms with Crippen LogP contribution in [0.1, 0.15) is 25.0 Å². The van der Waals surface area contributed by atoms with Crippen molar-refractivity contribution >= 4 is 11.9 Å². The normalized spacial score (nSPS) is 10.3. The van der Waals surface area contributed by atoms with Gasteiger partial charge in [0.1, 0.15) is 5.75 Å². The summed E-state index contributed by atoms with van der Waals surface area (Å²) >= 11 is 0. The smallest absolute Gasteiger partial charge is 0.344 e. The summed E-state index contributed by atoms with van der Waals surface area (Å²) in [6, 6.07) is 5.70. The van der Waals surface area contributed by atoms with E-state index in [9.17, 15) is 9.59 Å². The van der Waals surface area contributed by atoms with Crippen LogP contribution in [0.4, 0.5) is 0 Å². The molecule has 0 spiro atoms. The fourth-order valence-electron chi connectivity index (χ4n) is 1.72. The molecule has 5 nitrogen and oxygen atoms in total. The molecule has 1 aromatic rings. The van der Waals surface area contributed by atoms with E-state index in [4.69, 9.17) is 9.47 Å². The van der Waals surface area contributed by atoms with Gasteiger partial charge in [-0.3, -0.25) is 4.79 Å². The third kappa shape index (κ3) is 7.34. The van der Waals surface area contributed by atoms with E-state index < -0.39 is 5.97 Å². The lowest BCUT2D eigenvalue weighted by Gasteiger charge is -2.09. The first kappa shape index (κ1) is 17.0. The number of hydrogen-bond donors (Lipinski definition) is 1. The van der Waals surface area contributed by atoms with Crippen LogP contribution in [0.5, 0.6) is 5.75 Å². The van der Waals surface area contributed by atoms with Gasteiger partial charge in [0, 0.05) is 6.54 Å². The van der Waals surface area contributed by atoms with E-state index in [-0.39, 0.29) is 19.1 Å². The number of nitrogens with one attached hydrogen (secondary N) is 1. The molecule has 1 aromatic carbocycles. The van der Waals surface area contributed by atoms with Crippen LogP contribution in [-0.4, -0.2) is 31.6 Å². The van der Waals surface area contributed by atoms with Crippen LogP contribution >= 0.6 is 0 Å². The van der Waals surface area contributed by atoms with Crippen molar-refractivity contribution in [1.29, 1.82) is 0 Å². The van der Waals surface area contributed by atoms with Crippen LogP contribution in [0.15, 0.2) is 18.2 Å². The van der Waals surface area contributed by atoms with Gasteiger partial charge in [-0.1, -0.05) is 19.9 Å². The van der Waals surface area contributed by atoms with Crippen LogP contribution in [0.25, 0.3) is 0 Å². The number of amides is 1. The lowest BCUT2D eigenvalue weighted by atomic mass is 10.1. The van der Waals surface area contributed by atoms with Crippen molar-refractivity contribution in [2.75, 3.05) is 19.8 Å². The molecule has 1 N–H and O–H groups in total. The number of carbonyl (C=O) groups excluding carboxylic acids is 2. The van der Waals surface area contributed by atoms with Gasteiger partial charge in [-0.05, 0) is 43.0 Å². The number of aryl methyl sites for hydroxylation is 2. The van der Waals surface area contributed by atoms with Crippen molar-refractivity contribution in [2.45, 2.75) is 27.7 Å². The van der Waals surface area contributed by atoms with Gasteiger partial charge in [0.25, 0.3) is 5.91 Å². The summed E-state index contributed by atoms with van der Waals surface area (Å²) in [7, 11) is 0. The molecule has 0 aliphatic heterocycles. The number of carbonyl (C=O) groups is 2. The average molecular weight is 293 g/mol. The largest absolute Gasteiger partial charge is 0.482 e. The predicted molar refractivity (Wildman–Crippen MR) is 80.2 cm³/mol. The molecule has 1 amide bonds. The lowest BCUT2D eigenvalue weighted by Crippen LogP contribution is -2.32. The van der Waals surface area contributed by atoms with Crippen LogP contribution in [0, 0.1) is 19.8 Å². The molecule has 0 saturated carbocycles. The number of esters is 1. The van der Waals surface area contributed by atoms with Crippen molar-refractivity contribution < 1.29 is 19.1 Å². The van der Waals surface area contributed by atoms with Crippen molar-refractivity contribution in [3.63, 3.8) is 0 Å². The minimum absolute atomic E-state index is 0.208. The van der Waals surface area contributed by atoms with Crippen LogP contribution in [0.3, 0.4) is 0 Å². The van der Waals surface area contributed by atoms with E-state index in [1.807, 2.05) is 45.9 Å². The van der Waals surface area contributed by atoms with Gasteiger partial charge in [0.15, 0.2) is 13.2 Å². The average Bonchev–Trinajstić information content (AvgIpc) is 2.39. The summed E-state index contributed by atoms with van der Waals surface area (Å²) in [5, 5.41) is 2.67. The van der Waals surface area contributed by atoms with Gasteiger partial charge < -0.3 is 14.8 Å². The van der Waals surface area contributed by atoms with Gasteiger partial charge in [-0.25, -0.2) is 4.79 Å². The number of ether oxygens (including phenoxy) is 2. The van der Waals surface area contributed by atoms with Crippen molar-refractivity contribution in [2.24, 2.45) is 5.92 Å². The zero-order chi connectivity index (χ0) is 15.8. The lowest BCUT2D eigenvalue weighted by molar-refractivity contribution is -0.150. The highest BCUT2D eigenvalue weighted by Crippen LogP contribution is 2.15. The Morgan fingerprint density at radius 1 is 1.10 bits per heavy atom. The highest BCUT2D eigenvalue weighted by Gasteiger charge is 2.09. The van der Waals surface area contributed by atoms with Crippen LogP contribution < -0.4 is 10.1 Å². The van der Waals surface area contributed by atoms with Gasteiger partial charge in [-0.2, -0.15) is 0 Å². The molecular formula is C16H23NO4. The molecule has 0 unspecified atom stereocenters. The standard InChI is InChI=1S/C16H23NO4/c1-11(2)8-17-15(18)9-21-16(19)10-20-14-6-12(3)5-13(4)7-14/h5-7,11H,8-10H2,1-4H3,(H,17,18). The summed E-state index contributed by atoms with van der Waals surface area (Å²) in [5.41, 5.74) is 2.12. The maximum Gasteiger partial charge on any atom is 0.344 e. The first-order valence-corrected chi connectivity index (χ1v) is 7.00. The third-order valence-corrected chi connectivity index (χ3v) is 2.62. The molecule has 0 fully saturated rings. The number of hydrogen-bond acceptors (Lipinski definition) is 4. The van der Waals surface area contributed by atoms with Crippen molar-refractivity contribution in [3.8, 4) is 5.75 Å². The van der Waals surface area contributed by atoms with Crippen LogP contribution in [0.2, 0.25) is 0 Å². The van der Waals surface area contributed by atoms with E-state index in [0.717, 1.165) is 11.1 Å². The van der Waals surface area contributed by atoms with E-state index in [1.165, 1.54) is 0 Å². The Labute approximate surface area is 125 Å². The number of rotatable bonds is 7. The zero-order valence-electron chi connectivity index (χ0n) is 13.1. The Kier molecular flexibility index (Phi) is 6.72. The first-order chi connectivity index (χ1) is 9.86. The molecule has 0 aromatic heterocycles. The summed E-state index contributed by atoms with van der Waals surface area (Å²) in [6.07, 6.45) is 0. The molecule has 0 heterocycles. The Hall–Kier alpha value is -2.04. The number of benzene rings is 1. The van der Waals surface area contributed by atoms with Crippen molar-refractivity contribution in [3.05, 3.63) is 29.3 Å². The summed E-state index contributed by atoms with van der Waals surface area (Å²) in [4.78, 5) is 22.9. The fraction of sp³-hybridized carbons (Fsp3) is 0.500. The molecule has 5 heteroatoms. The Morgan fingerprint density at radius 3 is 2.29 bits per heavy atom. The molecule has 21 heavy (non-hydrogen) atoms. The second kappa shape index (κ2) is 8.29. The third-order valence-electron chi connectivity index (χ3n) is 2.62. The molecule has 0 radical (unpaired) electrons. The maximum absolute atomic E-state index is 11.5. The maximum atomic E-state index is 11.5. The molecule has 0 atom stereocenters. The zero-order valence-corrected chi connectivity index (χ0v) is 13.1. The molecular weight excluding hydrogens is 270 g/mol. The first-order valence-electron chi connectivity index (χ1n) is 7.00. The van der Waals surface area contributed by atoms with Crippen LogP contribution in [-0.2, 0) is 14.3 Å². The Bertz CT molecular complexity index is 477. The quantitative estimate of drug-likeness (QED) is 0.781. The summed E-state index contributed by atoms with van der Waals surface area (Å²) in [5.74, 6) is 0.114. The Balaban J connectivity index is 2.29. The fourth-order valence-corrected chi connectivity index (χ4v) is 1.72. The van der Waals surface area contributed by atoms with E-state index >= 15 is 0 Å². The molecule has 0 aliphatic carbocycles. The minimum atomic E-state index is -0.561. The van der Waals surface area contributed by atoms with E-state index in [1.54, 1.807) is 0 Å². The monoisotopic (exact) mass is 293 g/mol. The molecule has 116 valence electrons. The summed E-state index contributed by atoms with van der Waals surface area (Å²) < 4.78 is 10.2. The highest BCUT2D eigenvalue weighted by molar-refractivity contribution is 5.80. The molecule has 0 bridgehead atoms. The topological polar surface area (TPSA) is 64.6 Å². The SMILES string of the molecule is Cc1cc(C)cc(OCC(=O)OCC(=O)NCC(C)C)c1. The molecule has 0 saturated heterocycles.